The van der Waals surface area contributed by atoms with Gasteiger partial charge in [0.05, 0.1) is 5.56 Å². The Morgan fingerprint density at radius 1 is 1.19 bits per heavy atom. The molecule has 1 aliphatic heterocycles. The fraction of sp³-hybridized carbons (Fsp3) is 0.500. The maximum absolute atomic E-state index is 12.5. The summed E-state index contributed by atoms with van der Waals surface area (Å²) in [5, 5.41) is 0. The molecule has 0 aromatic heterocycles. The highest BCUT2D eigenvalue weighted by Gasteiger charge is 2.31. The van der Waals surface area contributed by atoms with Crippen LogP contribution in [-0.2, 0) is 12.6 Å². The molecule has 0 N–H and O–H groups in total. The van der Waals surface area contributed by atoms with Crippen LogP contribution in [0.15, 0.2) is 18.2 Å². The second-order valence-electron chi connectivity index (χ2n) is 4.22. The molecular weight excluding hydrogens is 215 g/mol. The molecule has 0 amide bonds. The second kappa shape index (κ2) is 4.00. The number of hydrogen-bond acceptors (Lipinski definition) is 1. The van der Waals surface area contributed by atoms with Gasteiger partial charge in [-0.1, -0.05) is 0 Å². The van der Waals surface area contributed by atoms with Gasteiger partial charge >= 0.3 is 6.18 Å². The quantitative estimate of drug-likeness (QED) is 0.658. The van der Waals surface area contributed by atoms with Gasteiger partial charge in [-0.3, -0.25) is 0 Å². The molecule has 1 heterocycles. The number of fused-ring (bicyclic) bond motifs is 1. The van der Waals surface area contributed by atoms with Crippen molar-refractivity contribution < 1.29 is 13.2 Å². The lowest BCUT2D eigenvalue weighted by Crippen LogP contribution is -2.18. The summed E-state index contributed by atoms with van der Waals surface area (Å²) in [5.41, 5.74) is 1.21. The van der Waals surface area contributed by atoms with Gasteiger partial charge in [0.2, 0.25) is 0 Å². The first-order valence-electron chi connectivity index (χ1n) is 5.40. The summed E-state index contributed by atoms with van der Waals surface area (Å²) in [6.07, 6.45) is -1.51. The summed E-state index contributed by atoms with van der Waals surface area (Å²) in [7, 11) is 1.93. The number of anilines is 1. The average Bonchev–Trinajstić information content (AvgIpc) is 2.39. The van der Waals surface area contributed by atoms with E-state index in [1.807, 2.05) is 11.9 Å². The molecule has 0 radical (unpaired) electrons. The van der Waals surface area contributed by atoms with Gasteiger partial charge in [0, 0.05) is 19.3 Å². The van der Waals surface area contributed by atoms with E-state index in [0.29, 0.717) is 0 Å². The van der Waals surface area contributed by atoms with Crippen molar-refractivity contribution in [1.82, 2.24) is 0 Å². The summed E-state index contributed by atoms with van der Waals surface area (Å²) < 4.78 is 37.6. The molecular formula is C12H14F3N. The fourth-order valence-electron chi connectivity index (χ4n) is 2.12. The number of rotatable bonds is 0. The van der Waals surface area contributed by atoms with E-state index in [4.69, 9.17) is 0 Å². The lowest BCUT2D eigenvalue weighted by atomic mass is 10.0. The first kappa shape index (κ1) is 11.3. The van der Waals surface area contributed by atoms with E-state index in [9.17, 15) is 13.2 Å². The number of benzene rings is 1. The van der Waals surface area contributed by atoms with Crippen LogP contribution >= 0.6 is 0 Å². The summed E-state index contributed by atoms with van der Waals surface area (Å²) in [6.45, 7) is 0.915. The maximum atomic E-state index is 12.5. The molecule has 1 aliphatic rings. The fourth-order valence-corrected chi connectivity index (χ4v) is 2.12. The lowest BCUT2D eigenvalue weighted by Gasteiger charge is -2.20. The van der Waals surface area contributed by atoms with Gasteiger partial charge in [0.1, 0.15) is 0 Å². The normalized spacial score (nSPS) is 16.9. The molecule has 0 saturated carbocycles. The summed E-state index contributed by atoms with van der Waals surface area (Å²) >= 11 is 0. The monoisotopic (exact) mass is 229 g/mol. The van der Waals surface area contributed by atoms with Gasteiger partial charge < -0.3 is 4.90 Å². The molecule has 0 aliphatic carbocycles. The summed E-state index contributed by atoms with van der Waals surface area (Å²) in [4.78, 5) is 2.03. The molecule has 4 heteroatoms. The van der Waals surface area contributed by atoms with Crippen LogP contribution in [0.5, 0.6) is 0 Å². The molecule has 0 atom stereocenters. The maximum Gasteiger partial charge on any atom is 0.416 e. The first-order valence-corrected chi connectivity index (χ1v) is 5.40. The van der Waals surface area contributed by atoms with Crippen LogP contribution in [0.25, 0.3) is 0 Å². The van der Waals surface area contributed by atoms with E-state index >= 15 is 0 Å². The van der Waals surface area contributed by atoms with Gasteiger partial charge in [0.15, 0.2) is 0 Å². The SMILES string of the molecule is CN1CCCCc2cc(C(F)(F)F)ccc21. The van der Waals surface area contributed by atoms with Crippen LogP contribution in [0.4, 0.5) is 18.9 Å². The zero-order valence-electron chi connectivity index (χ0n) is 9.14. The zero-order chi connectivity index (χ0) is 11.8. The van der Waals surface area contributed by atoms with Crippen molar-refractivity contribution in [2.75, 3.05) is 18.5 Å². The molecule has 1 aromatic carbocycles. The highest BCUT2D eigenvalue weighted by molar-refractivity contribution is 5.55. The van der Waals surface area contributed by atoms with E-state index in [0.717, 1.165) is 37.1 Å². The van der Waals surface area contributed by atoms with Crippen molar-refractivity contribution in [2.24, 2.45) is 0 Å². The number of aryl methyl sites for hydroxylation is 1. The third-order valence-electron chi connectivity index (χ3n) is 3.01. The highest BCUT2D eigenvalue weighted by atomic mass is 19.4. The molecule has 0 bridgehead atoms. The van der Waals surface area contributed by atoms with Gasteiger partial charge in [-0.25, -0.2) is 0 Å². The zero-order valence-corrected chi connectivity index (χ0v) is 9.14. The molecule has 1 nitrogen and oxygen atoms in total. The second-order valence-corrected chi connectivity index (χ2v) is 4.22. The minimum atomic E-state index is -4.24. The van der Waals surface area contributed by atoms with Crippen molar-refractivity contribution in [3.05, 3.63) is 29.3 Å². The Balaban J connectivity index is 2.41. The van der Waals surface area contributed by atoms with Crippen molar-refractivity contribution >= 4 is 5.69 Å². The Kier molecular flexibility index (Phi) is 2.82. The molecule has 0 spiro atoms. The van der Waals surface area contributed by atoms with Crippen molar-refractivity contribution in [3.63, 3.8) is 0 Å². The molecule has 0 fully saturated rings. The number of halogens is 3. The average molecular weight is 229 g/mol. The van der Waals surface area contributed by atoms with Crippen LogP contribution in [0.2, 0.25) is 0 Å². The molecule has 16 heavy (non-hydrogen) atoms. The Labute approximate surface area is 92.9 Å². The number of nitrogens with zero attached hydrogens (tertiary/aromatic N) is 1. The Bertz CT molecular complexity index is 384. The lowest BCUT2D eigenvalue weighted by molar-refractivity contribution is -0.137. The first-order chi connectivity index (χ1) is 7.48. The minimum Gasteiger partial charge on any atom is -0.374 e. The molecule has 0 saturated heterocycles. The van der Waals surface area contributed by atoms with Crippen molar-refractivity contribution in [2.45, 2.75) is 25.4 Å². The molecule has 88 valence electrons. The third-order valence-corrected chi connectivity index (χ3v) is 3.01. The van der Waals surface area contributed by atoms with Gasteiger partial charge in [-0.15, -0.1) is 0 Å². The van der Waals surface area contributed by atoms with E-state index in [1.165, 1.54) is 12.1 Å². The topological polar surface area (TPSA) is 3.24 Å². The van der Waals surface area contributed by atoms with E-state index in [1.54, 1.807) is 6.07 Å². The largest absolute Gasteiger partial charge is 0.416 e. The minimum absolute atomic E-state index is 0.540. The van der Waals surface area contributed by atoms with E-state index in [2.05, 4.69) is 0 Å². The smallest absolute Gasteiger partial charge is 0.374 e. The Morgan fingerprint density at radius 2 is 1.94 bits per heavy atom. The Morgan fingerprint density at radius 3 is 2.62 bits per heavy atom. The summed E-state index contributed by atoms with van der Waals surface area (Å²) in [6, 6.07) is 4.04. The summed E-state index contributed by atoms with van der Waals surface area (Å²) in [5.74, 6) is 0. The van der Waals surface area contributed by atoms with Gasteiger partial charge in [0.25, 0.3) is 0 Å². The number of hydrogen-bond donors (Lipinski definition) is 0. The predicted molar refractivity (Wildman–Crippen MR) is 57.7 cm³/mol. The molecule has 0 unspecified atom stereocenters. The third kappa shape index (κ3) is 2.15. The van der Waals surface area contributed by atoms with Crippen molar-refractivity contribution in [1.29, 1.82) is 0 Å². The standard InChI is InChI=1S/C12H14F3N/c1-16-7-3-2-4-9-8-10(12(13,14)15)5-6-11(9)16/h5-6,8H,2-4,7H2,1H3. The predicted octanol–water partition coefficient (Wildman–Crippen LogP) is 3.48. The number of alkyl halides is 3. The van der Waals surface area contributed by atoms with E-state index in [-0.39, 0.29) is 0 Å². The Hall–Kier alpha value is -1.19. The molecule has 1 aromatic rings. The van der Waals surface area contributed by atoms with Crippen LogP contribution in [0.1, 0.15) is 24.0 Å². The van der Waals surface area contributed by atoms with Crippen LogP contribution in [-0.4, -0.2) is 13.6 Å². The highest BCUT2D eigenvalue weighted by Crippen LogP contribution is 2.34. The van der Waals surface area contributed by atoms with Gasteiger partial charge in [-0.05, 0) is 43.0 Å². The van der Waals surface area contributed by atoms with Crippen LogP contribution in [0.3, 0.4) is 0 Å². The van der Waals surface area contributed by atoms with Crippen molar-refractivity contribution in [3.8, 4) is 0 Å². The van der Waals surface area contributed by atoms with Gasteiger partial charge in [-0.2, -0.15) is 13.2 Å². The van der Waals surface area contributed by atoms with Crippen LogP contribution < -0.4 is 4.90 Å². The van der Waals surface area contributed by atoms with Crippen LogP contribution in [0, 0.1) is 0 Å². The molecule has 2 rings (SSSR count). The van der Waals surface area contributed by atoms with E-state index < -0.39 is 11.7 Å².